The summed E-state index contributed by atoms with van der Waals surface area (Å²) in [5.41, 5.74) is 0.348. The predicted molar refractivity (Wildman–Crippen MR) is 79.3 cm³/mol. The maximum absolute atomic E-state index is 13.1. The van der Waals surface area contributed by atoms with Crippen molar-refractivity contribution in [3.8, 4) is 0 Å². The quantitative estimate of drug-likeness (QED) is 0.876. The summed E-state index contributed by atoms with van der Waals surface area (Å²) in [5, 5.41) is 6.18. The molecule has 0 aromatic heterocycles. The summed E-state index contributed by atoms with van der Waals surface area (Å²) in [7, 11) is 0. The van der Waals surface area contributed by atoms with Crippen LogP contribution >= 0.6 is 28.3 Å². The van der Waals surface area contributed by atoms with Crippen LogP contribution in [0.4, 0.5) is 4.39 Å². The Hall–Kier alpha value is -0.650. The van der Waals surface area contributed by atoms with Crippen LogP contribution in [0.25, 0.3) is 0 Å². The highest BCUT2D eigenvalue weighted by Gasteiger charge is 2.14. The van der Waals surface area contributed by atoms with Crippen molar-refractivity contribution in [3.05, 3.63) is 34.1 Å². The molecule has 1 aromatic rings. The average Bonchev–Trinajstić information content (AvgIpc) is 2.80. The van der Waals surface area contributed by atoms with E-state index in [1.54, 1.807) is 6.07 Å². The van der Waals surface area contributed by atoms with Gasteiger partial charge in [0.25, 0.3) is 5.91 Å². The van der Waals surface area contributed by atoms with E-state index >= 15 is 0 Å². The second-order valence-corrected chi connectivity index (χ2v) is 5.41. The standard InChI is InChI=1S/C13H16BrFN2O.ClH/c14-10-6-9(7-11(15)8-10)13(18)17-5-3-12-2-1-4-16-12;/h6-8,12,16H,1-5H2,(H,17,18);1H/t12-;/m1./s1. The monoisotopic (exact) mass is 350 g/mol. The molecule has 0 bridgehead atoms. The third kappa shape index (κ3) is 5.09. The van der Waals surface area contributed by atoms with Gasteiger partial charge in [-0.15, -0.1) is 12.4 Å². The van der Waals surface area contributed by atoms with Crippen molar-refractivity contribution < 1.29 is 9.18 Å². The Morgan fingerprint density at radius 1 is 1.47 bits per heavy atom. The summed E-state index contributed by atoms with van der Waals surface area (Å²) in [6.45, 7) is 1.68. The zero-order valence-electron chi connectivity index (χ0n) is 10.4. The fraction of sp³-hybridized carbons (Fsp3) is 0.462. The first-order valence-corrected chi connectivity index (χ1v) is 6.92. The van der Waals surface area contributed by atoms with Crippen LogP contribution < -0.4 is 10.6 Å². The maximum Gasteiger partial charge on any atom is 0.251 e. The molecular formula is C13H17BrClFN2O. The van der Waals surface area contributed by atoms with E-state index in [4.69, 9.17) is 0 Å². The molecule has 0 saturated carbocycles. The number of amides is 1. The first-order valence-electron chi connectivity index (χ1n) is 6.13. The summed E-state index contributed by atoms with van der Waals surface area (Å²) in [6.07, 6.45) is 3.29. The molecule has 1 amide bonds. The van der Waals surface area contributed by atoms with Gasteiger partial charge in [0, 0.05) is 22.6 Å². The van der Waals surface area contributed by atoms with Gasteiger partial charge in [0.1, 0.15) is 5.82 Å². The van der Waals surface area contributed by atoms with Crippen molar-refractivity contribution in [2.45, 2.75) is 25.3 Å². The van der Waals surface area contributed by atoms with Gasteiger partial charge in [-0.05, 0) is 44.0 Å². The Bertz CT molecular complexity index is 418. The van der Waals surface area contributed by atoms with Gasteiger partial charge < -0.3 is 10.6 Å². The molecule has 0 aliphatic carbocycles. The van der Waals surface area contributed by atoms with Gasteiger partial charge in [-0.1, -0.05) is 15.9 Å². The van der Waals surface area contributed by atoms with E-state index < -0.39 is 5.82 Å². The van der Waals surface area contributed by atoms with Crippen LogP contribution in [0.1, 0.15) is 29.6 Å². The molecule has 1 atom stereocenters. The molecule has 2 rings (SSSR count). The SMILES string of the molecule is Cl.O=C(NCC[C@H]1CCCN1)c1cc(F)cc(Br)c1. The second-order valence-electron chi connectivity index (χ2n) is 4.50. The highest BCUT2D eigenvalue weighted by Crippen LogP contribution is 2.15. The summed E-state index contributed by atoms with van der Waals surface area (Å²) in [6, 6.07) is 4.70. The van der Waals surface area contributed by atoms with Crippen LogP contribution in [0.2, 0.25) is 0 Å². The number of hydrogen-bond donors (Lipinski definition) is 2. The number of rotatable bonds is 4. The lowest BCUT2D eigenvalue weighted by Gasteiger charge is -2.11. The third-order valence-electron chi connectivity index (χ3n) is 3.07. The first-order chi connectivity index (χ1) is 8.65. The molecule has 1 heterocycles. The molecule has 1 fully saturated rings. The molecule has 6 heteroatoms. The smallest absolute Gasteiger partial charge is 0.251 e. The lowest BCUT2D eigenvalue weighted by Crippen LogP contribution is -2.30. The van der Waals surface area contributed by atoms with Gasteiger partial charge in [0.15, 0.2) is 0 Å². The topological polar surface area (TPSA) is 41.1 Å². The minimum atomic E-state index is -0.410. The van der Waals surface area contributed by atoms with E-state index in [2.05, 4.69) is 26.6 Å². The molecule has 106 valence electrons. The van der Waals surface area contributed by atoms with Crippen LogP contribution in [-0.2, 0) is 0 Å². The molecule has 1 aliphatic heterocycles. The number of benzene rings is 1. The van der Waals surface area contributed by atoms with Crippen molar-refractivity contribution in [2.24, 2.45) is 0 Å². The van der Waals surface area contributed by atoms with E-state index in [1.165, 1.54) is 25.0 Å². The Morgan fingerprint density at radius 3 is 2.89 bits per heavy atom. The maximum atomic E-state index is 13.1. The molecule has 1 saturated heterocycles. The number of halogens is 3. The van der Waals surface area contributed by atoms with E-state index in [0.717, 1.165) is 13.0 Å². The zero-order valence-corrected chi connectivity index (χ0v) is 12.8. The lowest BCUT2D eigenvalue weighted by atomic mass is 10.1. The molecule has 1 aliphatic rings. The van der Waals surface area contributed by atoms with Crippen LogP contribution in [-0.4, -0.2) is 25.0 Å². The molecule has 0 spiro atoms. The molecule has 3 nitrogen and oxygen atoms in total. The number of carbonyl (C=O) groups excluding carboxylic acids is 1. The average molecular weight is 352 g/mol. The number of carbonyl (C=O) groups is 1. The summed E-state index contributed by atoms with van der Waals surface area (Å²) >= 11 is 3.17. The van der Waals surface area contributed by atoms with Gasteiger partial charge in [0.05, 0.1) is 0 Å². The fourth-order valence-electron chi connectivity index (χ4n) is 2.15. The molecule has 2 N–H and O–H groups in total. The lowest BCUT2D eigenvalue weighted by molar-refractivity contribution is 0.0952. The minimum Gasteiger partial charge on any atom is -0.352 e. The van der Waals surface area contributed by atoms with Gasteiger partial charge in [-0.25, -0.2) is 4.39 Å². The Labute approximate surface area is 126 Å². The van der Waals surface area contributed by atoms with Gasteiger partial charge in [-0.3, -0.25) is 4.79 Å². The molecule has 19 heavy (non-hydrogen) atoms. The summed E-state index contributed by atoms with van der Waals surface area (Å²) in [5.74, 6) is -0.639. The normalized spacial score (nSPS) is 17.9. The summed E-state index contributed by atoms with van der Waals surface area (Å²) < 4.78 is 13.7. The fourth-order valence-corrected chi connectivity index (χ4v) is 2.62. The van der Waals surface area contributed by atoms with Crippen molar-refractivity contribution in [1.29, 1.82) is 0 Å². The van der Waals surface area contributed by atoms with Crippen LogP contribution in [0.3, 0.4) is 0 Å². The Kier molecular flexibility index (Phi) is 6.75. The van der Waals surface area contributed by atoms with E-state index in [0.29, 0.717) is 22.6 Å². The Morgan fingerprint density at radius 2 is 2.26 bits per heavy atom. The van der Waals surface area contributed by atoms with Crippen molar-refractivity contribution in [2.75, 3.05) is 13.1 Å². The molecular weight excluding hydrogens is 335 g/mol. The third-order valence-corrected chi connectivity index (χ3v) is 3.52. The minimum absolute atomic E-state index is 0. The van der Waals surface area contributed by atoms with Gasteiger partial charge >= 0.3 is 0 Å². The van der Waals surface area contributed by atoms with Crippen molar-refractivity contribution in [3.63, 3.8) is 0 Å². The largest absolute Gasteiger partial charge is 0.352 e. The van der Waals surface area contributed by atoms with E-state index in [9.17, 15) is 9.18 Å². The van der Waals surface area contributed by atoms with Crippen molar-refractivity contribution in [1.82, 2.24) is 10.6 Å². The first kappa shape index (κ1) is 16.4. The van der Waals surface area contributed by atoms with Crippen molar-refractivity contribution >= 4 is 34.2 Å². The van der Waals surface area contributed by atoms with Crippen LogP contribution in [0, 0.1) is 5.82 Å². The Balaban J connectivity index is 0.00000180. The van der Waals surface area contributed by atoms with E-state index in [-0.39, 0.29) is 18.3 Å². The van der Waals surface area contributed by atoms with E-state index in [1.807, 2.05) is 0 Å². The molecule has 0 unspecified atom stereocenters. The second kappa shape index (κ2) is 7.82. The summed E-state index contributed by atoms with van der Waals surface area (Å²) in [4.78, 5) is 11.8. The highest BCUT2D eigenvalue weighted by atomic mass is 79.9. The van der Waals surface area contributed by atoms with Gasteiger partial charge in [0.2, 0.25) is 0 Å². The van der Waals surface area contributed by atoms with Crippen LogP contribution in [0.15, 0.2) is 22.7 Å². The zero-order chi connectivity index (χ0) is 13.0. The van der Waals surface area contributed by atoms with Crippen LogP contribution in [0.5, 0.6) is 0 Å². The number of hydrogen-bond acceptors (Lipinski definition) is 2. The van der Waals surface area contributed by atoms with Gasteiger partial charge in [-0.2, -0.15) is 0 Å². The molecule has 0 radical (unpaired) electrons. The molecule has 1 aromatic carbocycles. The predicted octanol–water partition coefficient (Wildman–Crippen LogP) is 2.88. The highest BCUT2D eigenvalue weighted by molar-refractivity contribution is 9.10. The number of nitrogens with one attached hydrogen (secondary N) is 2.